The average molecular weight is 245 g/mol. The van der Waals surface area contributed by atoms with Crippen LogP contribution in [0.5, 0.6) is 5.75 Å². The Labute approximate surface area is 106 Å². The standard InChI is InChI=1S/C15H16FNO/c1-17-10-11-3-5-12(6-4-11)13-7-14(16)9-15(8-13)18-2/h3-9,17H,10H2,1-2H3. The highest BCUT2D eigenvalue weighted by atomic mass is 19.1. The van der Waals surface area contributed by atoms with Gasteiger partial charge in [0.05, 0.1) is 7.11 Å². The molecule has 0 aliphatic rings. The Morgan fingerprint density at radius 2 is 1.78 bits per heavy atom. The molecule has 2 aromatic carbocycles. The molecule has 2 aromatic rings. The van der Waals surface area contributed by atoms with Gasteiger partial charge in [-0.25, -0.2) is 4.39 Å². The molecule has 2 nitrogen and oxygen atoms in total. The molecular formula is C15H16FNO. The lowest BCUT2D eigenvalue weighted by Crippen LogP contribution is -2.04. The van der Waals surface area contributed by atoms with Crippen LogP contribution < -0.4 is 10.1 Å². The molecule has 0 aliphatic heterocycles. The maximum absolute atomic E-state index is 13.4. The molecule has 0 radical (unpaired) electrons. The molecule has 0 bridgehead atoms. The minimum absolute atomic E-state index is 0.288. The van der Waals surface area contributed by atoms with Crippen molar-refractivity contribution < 1.29 is 9.13 Å². The monoisotopic (exact) mass is 245 g/mol. The number of ether oxygens (including phenoxy) is 1. The lowest BCUT2D eigenvalue weighted by Gasteiger charge is -2.07. The second kappa shape index (κ2) is 5.65. The summed E-state index contributed by atoms with van der Waals surface area (Å²) in [6.07, 6.45) is 0. The van der Waals surface area contributed by atoms with E-state index < -0.39 is 0 Å². The van der Waals surface area contributed by atoms with Gasteiger partial charge in [-0.2, -0.15) is 0 Å². The van der Waals surface area contributed by atoms with Crippen molar-refractivity contribution in [3.8, 4) is 16.9 Å². The Bertz CT molecular complexity index is 523. The van der Waals surface area contributed by atoms with Crippen LogP contribution in [0.25, 0.3) is 11.1 Å². The highest BCUT2D eigenvalue weighted by molar-refractivity contribution is 5.65. The van der Waals surface area contributed by atoms with Crippen molar-refractivity contribution in [1.29, 1.82) is 0 Å². The summed E-state index contributed by atoms with van der Waals surface area (Å²) >= 11 is 0. The third-order valence-electron chi connectivity index (χ3n) is 2.78. The fourth-order valence-corrected chi connectivity index (χ4v) is 1.87. The van der Waals surface area contributed by atoms with Crippen molar-refractivity contribution in [1.82, 2.24) is 5.32 Å². The third-order valence-corrected chi connectivity index (χ3v) is 2.78. The van der Waals surface area contributed by atoms with Gasteiger partial charge < -0.3 is 10.1 Å². The van der Waals surface area contributed by atoms with E-state index in [4.69, 9.17) is 4.74 Å². The lowest BCUT2D eigenvalue weighted by atomic mass is 10.0. The molecular weight excluding hydrogens is 229 g/mol. The summed E-state index contributed by atoms with van der Waals surface area (Å²) in [6.45, 7) is 0.826. The van der Waals surface area contributed by atoms with Gasteiger partial charge in [0.1, 0.15) is 11.6 Å². The maximum atomic E-state index is 13.4. The molecule has 94 valence electrons. The Morgan fingerprint density at radius 1 is 1.06 bits per heavy atom. The third kappa shape index (κ3) is 2.87. The lowest BCUT2D eigenvalue weighted by molar-refractivity contribution is 0.411. The van der Waals surface area contributed by atoms with Gasteiger partial charge in [0.15, 0.2) is 0 Å². The van der Waals surface area contributed by atoms with Crippen LogP contribution in [0.3, 0.4) is 0 Å². The first-order valence-corrected chi connectivity index (χ1v) is 5.81. The largest absolute Gasteiger partial charge is 0.497 e. The molecule has 3 heteroatoms. The van der Waals surface area contributed by atoms with E-state index in [2.05, 4.69) is 5.32 Å². The topological polar surface area (TPSA) is 21.3 Å². The molecule has 0 saturated carbocycles. The van der Waals surface area contributed by atoms with Gasteiger partial charge in [-0.3, -0.25) is 0 Å². The molecule has 0 aromatic heterocycles. The number of rotatable bonds is 4. The van der Waals surface area contributed by atoms with Crippen molar-refractivity contribution in [3.05, 3.63) is 53.8 Å². The number of methoxy groups -OCH3 is 1. The van der Waals surface area contributed by atoms with Crippen LogP contribution in [-0.2, 0) is 6.54 Å². The van der Waals surface area contributed by atoms with Gasteiger partial charge in [-0.15, -0.1) is 0 Å². The summed E-state index contributed by atoms with van der Waals surface area (Å²) in [5.74, 6) is 0.243. The molecule has 0 atom stereocenters. The second-order valence-corrected chi connectivity index (χ2v) is 4.11. The minimum atomic E-state index is -0.288. The zero-order valence-corrected chi connectivity index (χ0v) is 10.5. The molecule has 2 rings (SSSR count). The Kier molecular flexibility index (Phi) is 3.95. The smallest absolute Gasteiger partial charge is 0.127 e. The average Bonchev–Trinajstić information content (AvgIpc) is 2.39. The zero-order chi connectivity index (χ0) is 13.0. The summed E-state index contributed by atoms with van der Waals surface area (Å²) in [6, 6.07) is 12.7. The summed E-state index contributed by atoms with van der Waals surface area (Å²) in [7, 11) is 3.44. The molecule has 1 N–H and O–H groups in total. The van der Waals surface area contributed by atoms with Crippen LogP contribution in [0.2, 0.25) is 0 Å². The minimum Gasteiger partial charge on any atom is -0.497 e. The molecule has 0 amide bonds. The summed E-state index contributed by atoms with van der Waals surface area (Å²) in [5.41, 5.74) is 3.00. The zero-order valence-electron chi connectivity index (χ0n) is 10.5. The summed E-state index contributed by atoms with van der Waals surface area (Å²) in [5, 5.41) is 3.09. The first-order chi connectivity index (χ1) is 8.72. The van der Waals surface area contributed by atoms with E-state index in [1.54, 1.807) is 0 Å². The molecule has 0 aliphatic carbocycles. The number of hydrogen-bond donors (Lipinski definition) is 1. The Hall–Kier alpha value is -1.87. The summed E-state index contributed by atoms with van der Waals surface area (Å²) in [4.78, 5) is 0. The van der Waals surface area contributed by atoms with E-state index in [0.29, 0.717) is 5.75 Å². The van der Waals surface area contributed by atoms with Crippen LogP contribution in [0.1, 0.15) is 5.56 Å². The number of nitrogens with one attached hydrogen (secondary N) is 1. The van der Waals surface area contributed by atoms with Gasteiger partial charge >= 0.3 is 0 Å². The van der Waals surface area contributed by atoms with Crippen molar-refractivity contribution >= 4 is 0 Å². The van der Waals surface area contributed by atoms with Crippen LogP contribution >= 0.6 is 0 Å². The van der Waals surface area contributed by atoms with Crippen molar-refractivity contribution in [2.45, 2.75) is 6.54 Å². The first-order valence-electron chi connectivity index (χ1n) is 5.81. The van der Waals surface area contributed by atoms with Crippen LogP contribution in [0, 0.1) is 5.82 Å². The van der Waals surface area contributed by atoms with Gasteiger partial charge in [0.2, 0.25) is 0 Å². The highest BCUT2D eigenvalue weighted by Gasteiger charge is 2.03. The SMILES string of the molecule is CNCc1ccc(-c2cc(F)cc(OC)c2)cc1. The fourth-order valence-electron chi connectivity index (χ4n) is 1.87. The van der Waals surface area contributed by atoms with Gasteiger partial charge in [0, 0.05) is 12.6 Å². The molecule has 0 fully saturated rings. The predicted octanol–water partition coefficient (Wildman–Crippen LogP) is 3.22. The van der Waals surface area contributed by atoms with Gasteiger partial charge in [-0.05, 0) is 35.9 Å². The normalized spacial score (nSPS) is 10.4. The molecule has 0 spiro atoms. The summed E-state index contributed by atoms with van der Waals surface area (Å²) < 4.78 is 18.5. The maximum Gasteiger partial charge on any atom is 0.127 e. The van der Waals surface area contributed by atoms with Crippen LogP contribution in [0.15, 0.2) is 42.5 Å². The number of hydrogen-bond acceptors (Lipinski definition) is 2. The second-order valence-electron chi connectivity index (χ2n) is 4.11. The molecule has 0 heterocycles. The number of benzene rings is 2. The Balaban J connectivity index is 2.33. The van der Waals surface area contributed by atoms with Gasteiger partial charge in [0.25, 0.3) is 0 Å². The van der Waals surface area contributed by atoms with E-state index in [0.717, 1.165) is 17.7 Å². The van der Waals surface area contributed by atoms with Crippen molar-refractivity contribution in [2.75, 3.05) is 14.2 Å². The van der Waals surface area contributed by atoms with Crippen LogP contribution in [0.4, 0.5) is 4.39 Å². The Morgan fingerprint density at radius 3 is 2.39 bits per heavy atom. The van der Waals surface area contributed by atoms with E-state index >= 15 is 0 Å². The van der Waals surface area contributed by atoms with E-state index in [1.165, 1.54) is 24.8 Å². The van der Waals surface area contributed by atoms with Crippen molar-refractivity contribution in [2.24, 2.45) is 0 Å². The first kappa shape index (κ1) is 12.6. The van der Waals surface area contributed by atoms with Gasteiger partial charge in [-0.1, -0.05) is 24.3 Å². The van der Waals surface area contributed by atoms with E-state index in [9.17, 15) is 4.39 Å². The molecule has 0 saturated heterocycles. The quantitative estimate of drug-likeness (QED) is 0.893. The highest BCUT2D eigenvalue weighted by Crippen LogP contribution is 2.25. The van der Waals surface area contributed by atoms with E-state index in [1.807, 2.05) is 37.4 Å². The van der Waals surface area contributed by atoms with E-state index in [-0.39, 0.29) is 5.82 Å². The fraction of sp³-hybridized carbons (Fsp3) is 0.200. The van der Waals surface area contributed by atoms with Crippen LogP contribution in [-0.4, -0.2) is 14.2 Å². The number of halogens is 1. The molecule has 0 unspecified atom stereocenters. The van der Waals surface area contributed by atoms with Crippen molar-refractivity contribution in [3.63, 3.8) is 0 Å². The predicted molar refractivity (Wildman–Crippen MR) is 71.2 cm³/mol. The molecule has 18 heavy (non-hydrogen) atoms.